The molecule has 0 heterocycles. The Kier molecular flexibility index (Phi) is 6.36. The molecular weight excluding hydrogens is 236 g/mol. The van der Waals surface area contributed by atoms with Gasteiger partial charge >= 0.3 is 0 Å². The smallest absolute Gasteiger partial charge is 0.201 e. The molecule has 2 heteroatoms. The van der Waals surface area contributed by atoms with Gasteiger partial charge in [0.2, 0.25) is 6.29 Å². The van der Waals surface area contributed by atoms with Gasteiger partial charge in [0.05, 0.1) is 0 Å². The van der Waals surface area contributed by atoms with Crippen LogP contribution in [-0.4, -0.2) is 13.4 Å². The molecule has 1 rings (SSSR count). The summed E-state index contributed by atoms with van der Waals surface area (Å²) in [6.07, 6.45) is 1.03. The number of hydrogen-bond donors (Lipinski definition) is 0. The van der Waals surface area contributed by atoms with E-state index in [1.165, 1.54) is 12.0 Å². The number of benzene rings is 1. The summed E-state index contributed by atoms with van der Waals surface area (Å²) in [6, 6.07) is 8.41. The average Bonchev–Trinajstić information content (AvgIpc) is 2.35. The fourth-order valence-corrected chi connectivity index (χ4v) is 2.31. The third-order valence-corrected chi connectivity index (χ3v) is 3.30. The number of ether oxygens (including phenoxy) is 2. The van der Waals surface area contributed by atoms with Gasteiger partial charge in [-0.05, 0) is 36.0 Å². The quantitative estimate of drug-likeness (QED) is 0.656. The molecule has 0 spiro atoms. The van der Waals surface area contributed by atoms with Crippen LogP contribution < -0.4 is 4.74 Å². The summed E-state index contributed by atoms with van der Waals surface area (Å²) >= 11 is 0. The Morgan fingerprint density at radius 3 is 1.95 bits per heavy atom. The monoisotopic (exact) mass is 264 g/mol. The van der Waals surface area contributed by atoms with Crippen LogP contribution in [0, 0.1) is 11.8 Å². The van der Waals surface area contributed by atoms with E-state index in [1.807, 2.05) is 12.1 Å². The van der Waals surface area contributed by atoms with Gasteiger partial charge in [0.15, 0.2) is 0 Å². The van der Waals surface area contributed by atoms with Crippen LogP contribution in [0.25, 0.3) is 0 Å². The van der Waals surface area contributed by atoms with Crippen molar-refractivity contribution < 1.29 is 9.47 Å². The molecule has 0 saturated carbocycles. The van der Waals surface area contributed by atoms with Crippen molar-refractivity contribution in [3.63, 3.8) is 0 Å². The van der Waals surface area contributed by atoms with Crippen LogP contribution >= 0.6 is 0 Å². The van der Waals surface area contributed by atoms with Crippen LogP contribution in [0.3, 0.4) is 0 Å². The lowest BCUT2D eigenvalue weighted by Crippen LogP contribution is -2.24. The first kappa shape index (κ1) is 16.0. The second-order valence-corrected chi connectivity index (χ2v) is 6.07. The summed E-state index contributed by atoms with van der Waals surface area (Å²) in [5, 5.41) is 0. The van der Waals surface area contributed by atoms with Crippen molar-refractivity contribution in [2.24, 2.45) is 11.8 Å². The van der Waals surface area contributed by atoms with E-state index in [0.717, 1.165) is 11.7 Å². The lowest BCUT2D eigenvalue weighted by Gasteiger charge is -2.21. The first-order chi connectivity index (χ1) is 8.93. The summed E-state index contributed by atoms with van der Waals surface area (Å²) in [5.74, 6) is 2.53. The summed E-state index contributed by atoms with van der Waals surface area (Å²) in [4.78, 5) is 0. The normalized spacial score (nSPS) is 14.7. The van der Waals surface area contributed by atoms with E-state index >= 15 is 0 Å². The minimum Gasteiger partial charge on any atom is -0.465 e. The molecule has 0 amide bonds. The van der Waals surface area contributed by atoms with E-state index in [2.05, 4.69) is 46.8 Å². The summed E-state index contributed by atoms with van der Waals surface area (Å²) < 4.78 is 11.1. The maximum Gasteiger partial charge on any atom is 0.201 e. The Labute approximate surface area is 118 Å². The minimum atomic E-state index is -0.182. The number of rotatable bonds is 7. The predicted molar refractivity (Wildman–Crippen MR) is 80.6 cm³/mol. The third-order valence-electron chi connectivity index (χ3n) is 3.30. The second-order valence-electron chi connectivity index (χ2n) is 6.07. The maximum absolute atomic E-state index is 5.82. The van der Waals surface area contributed by atoms with Gasteiger partial charge in [0, 0.05) is 13.0 Å². The van der Waals surface area contributed by atoms with Crippen molar-refractivity contribution in [2.75, 3.05) is 7.11 Å². The Bertz CT molecular complexity index is 354. The molecule has 2 atom stereocenters. The van der Waals surface area contributed by atoms with Crippen molar-refractivity contribution in [3.05, 3.63) is 29.8 Å². The Morgan fingerprint density at radius 2 is 1.53 bits per heavy atom. The van der Waals surface area contributed by atoms with Gasteiger partial charge in [-0.25, -0.2) is 0 Å². The molecule has 0 aliphatic rings. The van der Waals surface area contributed by atoms with Crippen molar-refractivity contribution in [1.82, 2.24) is 0 Å². The fraction of sp³-hybridized carbons (Fsp3) is 0.647. The molecule has 0 aromatic heterocycles. The molecule has 0 aliphatic heterocycles. The van der Waals surface area contributed by atoms with Gasteiger partial charge in [0.25, 0.3) is 0 Å². The number of methoxy groups -OCH3 is 1. The van der Waals surface area contributed by atoms with Gasteiger partial charge in [-0.2, -0.15) is 0 Å². The highest BCUT2D eigenvalue weighted by Gasteiger charge is 2.14. The molecule has 0 N–H and O–H groups in total. The summed E-state index contributed by atoms with van der Waals surface area (Å²) in [6.45, 7) is 11.0. The molecule has 0 saturated heterocycles. The van der Waals surface area contributed by atoms with Crippen molar-refractivity contribution in [2.45, 2.75) is 53.2 Å². The SMILES string of the molecule is COC(Oc1ccc(C(C)CC(C)C)cc1)C(C)C. The molecular formula is C17H28O2. The highest BCUT2D eigenvalue weighted by molar-refractivity contribution is 5.29. The second kappa shape index (κ2) is 7.54. The molecule has 0 aliphatic carbocycles. The van der Waals surface area contributed by atoms with Crippen LogP contribution in [0.4, 0.5) is 0 Å². The van der Waals surface area contributed by atoms with Crippen LogP contribution in [0.2, 0.25) is 0 Å². The molecule has 19 heavy (non-hydrogen) atoms. The fourth-order valence-electron chi connectivity index (χ4n) is 2.31. The zero-order valence-electron chi connectivity index (χ0n) is 13.1. The van der Waals surface area contributed by atoms with Crippen LogP contribution in [0.1, 0.15) is 52.5 Å². The van der Waals surface area contributed by atoms with Gasteiger partial charge in [-0.1, -0.05) is 46.8 Å². The van der Waals surface area contributed by atoms with E-state index in [0.29, 0.717) is 11.8 Å². The first-order valence-electron chi connectivity index (χ1n) is 7.23. The van der Waals surface area contributed by atoms with Gasteiger partial charge in [0.1, 0.15) is 5.75 Å². The molecule has 0 bridgehead atoms. The van der Waals surface area contributed by atoms with E-state index in [-0.39, 0.29) is 6.29 Å². The third kappa shape index (κ3) is 5.23. The molecule has 0 radical (unpaired) electrons. The topological polar surface area (TPSA) is 18.5 Å². The van der Waals surface area contributed by atoms with Gasteiger partial charge in [-0.15, -0.1) is 0 Å². The first-order valence-corrected chi connectivity index (χ1v) is 7.23. The highest BCUT2D eigenvalue weighted by atomic mass is 16.7. The zero-order valence-corrected chi connectivity index (χ0v) is 13.1. The van der Waals surface area contributed by atoms with Gasteiger partial charge in [-0.3, -0.25) is 0 Å². The van der Waals surface area contributed by atoms with Crippen LogP contribution in [0.15, 0.2) is 24.3 Å². The Balaban J connectivity index is 2.65. The summed E-state index contributed by atoms with van der Waals surface area (Å²) in [5.41, 5.74) is 1.37. The highest BCUT2D eigenvalue weighted by Crippen LogP contribution is 2.25. The molecule has 108 valence electrons. The van der Waals surface area contributed by atoms with E-state index in [4.69, 9.17) is 9.47 Å². The van der Waals surface area contributed by atoms with Crippen molar-refractivity contribution in [1.29, 1.82) is 0 Å². The lowest BCUT2D eigenvalue weighted by molar-refractivity contribution is -0.0833. The lowest BCUT2D eigenvalue weighted by atomic mass is 9.92. The minimum absolute atomic E-state index is 0.182. The van der Waals surface area contributed by atoms with Crippen molar-refractivity contribution in [3.8, 4) is 5.75 Å². The Morgan fingerprint density at radius 1 is 0.947 bits per heavy atom. The number of hydrogen-bond acceptors (Lipinski definition) is 2. The molecule has 2 unspecified atom stereocenters. The van der Waals surface area contributed by atoms with Gasteiger partial charge < -0.3 is 9.47 Å². The van der Waals surface area contributed by atoms with E-state index in [1.54, 1.807) is 7.11 Å². The predicted octanol–water partition coefficient (Wildman–Crippen LogP) is 4.84. The molecule has 2 nitrogen and oxygen atoms in total. The summed E-state index contributed by atoms with van der Waals surface area (Å²) in [7, 11) is 1.68. The maximum atomic E-state index is 5.82. The van der Waals surface area contributed by atoms with Crippen LogP contribution in [-0.2, 0) is 4.74 Å². The average molecular weight is 264 g/mol. The Hall–Kier alpha value is -1.02. The van der Waals surface area contributed by atoms with E-state index < -0.39 is 0 Å². The van der Waals surface area contributed by atoms with E-state index in [9.17, 15) is 0 Å². The largest absolute Gasteiger partial charge is 0.465 e. The molecule has 0 fully saturated rings. The van der Waals surface area contributed by atoms with Crippen LogP contribution in [0.5, 0.6) is 5.75 Å². The zero-order chi connectivity index (χ0) is 14.4. The standard InChI is InChI=1S/C17H28O2/c1-12(2)11-14(5)15-7-9-16(10-8-15)19-17(18-6)13(3)4/h7-10,12-14,17H,11H2,1-6H3. The molecule has 1 aromatic carbocycles. The molecule has 1 aromatic rings. The van der Waals surface area contributed by atoms with Crippen molar-refractivity contribution >= 4 is 0 Å².